The number of nitrogens with zero attached hydrogens (tertiary/aromatic N) is 2. The molecule has 0 unspecified atom stereocenters. The van der Waals surface area contributed by atoms with Gasteiger partial charge in [0.1, 0.15) is 0 Å². The highest BCUT2D eigenvalue weighted by molar-refractivity contribution is 7.89. The van der Waals surface area contributed by atoms with Crippen molar-refractivity contribution in [3.63, 3.8) is 0 Å². The Morgan fingerprint density at radius 3 is 2.55 bits per heavy atom. The first kappa shape index (κ1) is 16.9. The van der Waals surface area contributed by atoms with E-state index in [-0.39, 0.29) is 11.1 Å². The first-order chi connectivity index (χ1) is 9.45. The van der Waals surface area contributed by atoms with Gasteiger partial charge in [-0.2, -0.15) is 4.31 Å². The summed E-state index contributed by atoms with van der Waals surface area (Å²) < 4.78 is 27.0. The lowest BCUT2D eigenvalue weighted by Crippen LogP contribution is -2.38. The van der Waals surface area contributed by atoms with Crippen molar-refractivity contribution in [2.45, 2.75) is 51.6 Å². The summed E-state index contributed by atoms with van der Waals surface area (Å²) in [6.07, 6.45) is 3.23. The summed E-state index contributed by atoms with van der Waals surface area (Å²) in [4.78, 5) is 4.10. The van der Waals surface area contributed by atoms with Crippen LogP contribution in [0.25, 0.3) is 0 Å². The molecular weight excluding hydrogens is 274 g/mol. The third kappa shape index (κ3) is 3.93. The van der Waals surface area contributed by atoms with Gasteiger partial charge in [-0.15, -0.1) is 0 Å². The van der Waals surface area contributed by atoms with Crippen LogP contribution in [-0.2, 0) is 10.0 Å². The van der Waals surface area contributed by atoms with Crippen LogP contribution in [0.3, 0.4) is 0 Å². The van der Waals surface area contributed by atoms with E-state index in [2.05, 4.69) is 10.3 Å². The number of aromatic nitrogens is 1. The lowest BCUT2D eigenvalue weighted by Gasteiger charge is -2.25. The van der Waals surface area contributed by atoms with Crippen molar-refractivity contribution in [1.29, 1.82) is 0 Å². The summed E-state index contributed by atoms with van der Waals surface area (Å²) in [5, 5.41) is 3.26. The van der Waals surface area contributed by atoms with Crippen LogP contribution >= 0.6 is 0 Å². The Morgan fingerprint density at radius 1 is 1.30 bits per heavy atom. The van der Waals surface area contributed by atoms with Crippen molar-refractivity contribution in [2.75, 3.05) is 18.4 Å². The summed E-state index contributed by atoms with van der Waals surface area (Å²) in [6, 6.07) is 3.43. The maximum atomic E-state index is 12.8. The van der Waals surface area contributed by atoms with Gasteiger partial charge in [-0.1, -0.05) is 13.8 Å². The molecule has 1 heterocycles. The first-order valence-corrected chi connectivity index (χ1v) is 8.59. The van der Waals surface area contributed by atoms with Crippen LogP contribution in [0.2, 0.25) is 0 Å². The molecule has 0 aromatic carbocycles. The second-order valence-corrected chi connectivity index (χ2v) is 6.80. The van der Waals surface area contributed by atoms with Gasteiger partial charge in [-0.25, -0.2) is 13.4 Å². The topological polar surface area (TPSA) is 62.3 Å². The Morgan fingerprint density at radius 2 is 2.00 bits per heavy atom. The SMILES string of the molecule is CCCNc1cccnc1S(=O)(=O)N(CCC)C(C)C. The molecule has 1 aromatic heterocycles. The number of nitrogens with one attached hydrogen (secondary N) is 1. The zero-order valence-corrected chi connectivity index (χ0v) is 13.6. The van der Waals surface area contributed by atoms with E-state index < -0.39 is 10.0 Å². The molecule has 0 saturated carbocycles. The van der Waals surface area contributed by atoms with Gasteiger partial charge in [0.2, 0.25) is 0 Å². The maximum absolute atomic E-state index is 12.8. The minimum Gasteiger partial charge on any atom is -0.383 e. The molecule has 1 rings (SSSR count). The predicted octanol–water partition coefficient (Wildman–Crippen LogP) is 2.71. The molecular formula is C14H25N3O2S. The number of pyridine rings is 1. The minimum absolute atomic E-state index is 0.0824. The fourth-order valence-corrected chi connectivity index (χ4v) is 3.79. The van der Waals surface area contributed by atoms with Crippen LogP contribution in [0.15, 0.2) is 23.4 Å². The second-order valence-electron chi connectivity index (χ2n) is 4.99. The van der Waals surface area contributed by atoms with Gasteiger partial charge in [0.05, 0.1) is 5.69 Å². The standard InChI is InChI=1S/C14H25N3O2S/c1-5-9-15-13-8-7-10-16-14(13)20(18,19)17(11-6-2)12(3)4/h7-8,10,12,15H,5-6,9,11H2,1-4H3. The number of hydrogen-bond donors (Lipinski definition) is 1. The molecule has 0 radical (unpaired) electrons. The van der Waals surface area contributed by atoms with Crippen LogP contribution in [0.5, 0.6) is 0 Å². The van der Waals surface area contributed by atoms with Crippen molar-refractivity contribution in [3.8, 4) is 0 Å². The summed E-state index contributed by atoms with van der Waals surface area (Å²) in [5.74, 6) is 0. The van der Waals surface area contributed by atoms with Crippen molar-refractivity contribution >= 4 is 15.7 Å². The van der Waals surface area contributed by atoms with E-state index in [0.717, 1.165) is 19.4 Å². The average Bonchev–Trinajstić information content (AvgIpc) is 2.42. The summed E-state index contributed by atoms with van der Waals surface area (Å²) in [5.41, 5.74) is 0.580. The molecule has 0 aliphatic carbocycles. The number of anilines is 1. The molecule has 0 saturated heterocycles. The van der Waals surface area contributed by atoms with Crippen molar-refractivity contribution in [2.24, 2.45) is 0 Å². The van der Waals surface area contributed by atoms with Crippen LogP contribution in [-0.4, -0.2) is 36.8 Å². The third-order valence-electron chi connectivity index (χ3n) is 2.91. The Balaban J connectivity index is 3.19. The van der Waals surface area contributed by atoms with Gasteiger partial charge in [-0.05, 0) is 38.8 Å². The molecule has 0 amide bonds. The molecule has 0 bridgehead atoms. The minimum atomic E-state index is -3.56. The van der Waals surface area contributed by atoms with Crippen molar-refractivity contribution < 1.29 is 8.42 Å². The van der Waals surface area contributed by atoms with Crippen LogP contribution in [0.1, 0.15) is 40.5 Å². The van der Waals surface area contributed by atoms with Crippen LogP contribution < -0.4 is 5.32 Å². The highest BCUT2D eigenvalue weighted by atomic mass is 32.2. The Bertz CT molecular complexity index is 515. The molecule has 0 aliphatic heterocycles. The highest BCUT2D eigenvalue weighted by Gasteiger charge is 2.29. The molecule has 0 fully saturated rings. The van der Waals surface area contributed by atoms with E-state index >= 15 is 0 Å². The van der Waals surface area contributed by atoms with E-state index in [4.69, 9.17) is 0 Å². The second kappa shape index (κ2) is 7.59. The molecule has 1 aromatic rings. The number of hydrogen-bond acceptors (Lipinski definition) is 4. The largest absolute Gasteiger partial charge is 0.383 e. The fraction of sp³-hybridized carbons (Fsp3) is 0.643. The summed E-state index contributed by atoms with van der Waals surface area (Å²) in [7, 11) is -3.56. The quantitative estimate of drug-likeness (QED) is 0.801. The van der Waals surface area contributed by atoms with Gasteiger partial charge >= 0.3 is 0 Å². The molecule has 0 spiro atoms. The van der Waals surface area contributed by atoms with Crippen molar-refractivity contribution in [1.82, 2.24) is 9.29 Å². The van der Waals surface area contributed by atoms with Gasteiger partial charge in [-0.3, -0.25) is 0 Å². The molecule has 20 heavy (non-hydrogen) atoms. The molecule has 0 atom stereocenters. The van der Waals surface area contributed by atoms with Gasteiger partial charge in [0, 0.05) is 25.3 Å². The average molecular weight is 299 g/mol. The Hall–Kier alpha value is -1.14. The van der Waals surface area contributed by atoms with E-state index in [1.807, 2.05) is 27.7 Å². The lowest BCUT2D eigenvalue weighted by atomic mass is 10.4. The van der Waals surface area contributed by atoms with E-state index in [1.165, 1.54) is 10.5 Å². The van der Waals surface area contributed by atoms with E-state index in [1.54, 1.807) is 12.1 Å². The zero-order chi connectivity index (χ0) is 15.2. The van der Waals surface area contributed by atoms with Gasteiger partial charge in [0.15, 0.2) is 5.03 Å². The zero-order valence-electron chi connectivity index (χ0n) is 12.8. The third-order valence-corrected chi connectivity index (χ3v) is 4.95. The van der Waals surface area contributed by atoms with Crippen LogP contribution in [0, 0.1) is 0 Å². The number of rotatable bonds is 8. The van der Waals surface area contributed by atoms with Crippen LogP contribution in [0.4, 0.5) is 5.69 Å². The molecule has 5 nitrogen and oxygen atoms in total. The molecule has 0 aliphatic rings. The lowest BCUT2D eigenvalue weighted by molar-refractivity contribution is 0.353. The summed E-state index contributed by atoms with van der Waals surface area (Å²) in [6.45, 7) is 9.01. The van der Waals surface area contributed by atoms with E-state index in [9.17, 15) is 8.42 Å². The maximum Gasteiger partial charge on any atom is 0.262 e. The van der Waals surface area contributed by atoms with E-state index in [0.29, 0.717) is 12.2 Å². The highest BCUT2D eigenvalue weighted by Crippen LogP contribution is 2.23. The smallest absolute Gasteiger partial charge is 0.262 e. The Kier molecular flexibility index (Phi) is 6.42. The monoisotopic (exact) mass is 299 g/mol. The van der Waals surface area contributed by atoms with Gasteiger partial charge < -0.3 is 5.32 Å². The van der Waals surface area contributed by atoms with Gasteiger partial charge in [0.25, 0.3) is 10.0 Å². The molecule has 6 heteroatoms. The summed E-state index contributed by atoms with van der Waals surface area (Å²) >= 11 is 0. The Labute approximate surface area is 122 Å². The molecule has 114 valence electrons. The first-order valence-electron chi connectivity index (χ1n) is 7.15. The number of sulfonamides is 1. The normalized spacial score (nSPS) is 12.1. The van der Waals surface area contributed by atoms with Crippen molar-refractivity contribution in [3.05, 3.63) is 18.3 Å². The fourth-order valence-electron chi connectivity index (χ4n) is 1.98. The predicted molar refractivity (Wildman–Crippen MR) is 82.3 cm³/mol. The molecule has 1 N–H and O–H groups in total.